The Hall–Kier alpha value is 0. The van der Waals surface area contributed by atoms with Gasteiger partial charge in [-0.05, 0) is 5.92 Å². The molecule has 0 unspecified atom stereocenters. The summed E-state index contributed by atoms with van der Waals surface area (Å²) < 4.78 is 0. The van der Waals surface area contributed by atoms with Crippen LogP contribution in [0.4, 0.5) is 0 Å². The lowest BCUT2D eigenvalue weighted by Gasteiger charge is -2.03. The minimum Gasteiger partial charge on any atom is -0.0654 e. The molecule has 1 rings (SSSR count). The van der Waals surface area contributed by atoms with E-state index in [0.29, 0.717) is 0 Å². The highest BCUT2D eigenvalue weighted by Gasteiger charge is 2.12. The van der Waals surface area contributed by atoms with Crippen molar-refractivity contribution in [2.45, 2.75) is 97.8 Å². The van der Waals surface area contributed by atoms with E-state index in [1.54, 1.807) is 0 Å². The van der Waals surface area contributed by atoms with Crippen molar-refractivity contribution in [2.75, 3.05) is 0 Å². The average Bonchev–Trinajstić information content (AvgIpc) is 2.79. The summed E-state index contributed by atoms with van der Waals surface area (Å²) >= 11 is 0. The summed E-state index contributed by atoms with van der Waals surface area (Å²) in [5.41, 5.74) is 0. The lowest BCUT2D eigenvalue weighted by molar-refractivity contribution is 0.496. The average molecular weight is 226 g/mol. The van der Waals surface area contributed by atoms with Crippen molar-refractivity contribution in [1.29, 1.82) is 0 Å². The third-order valence-electron chi connectivity index (χ3n) is 3.63. The molecular formula is C16H34. The van der Waals surface area contributed by atoms with E-state index in [1.807, 2.05) is 0 Å². The summed E-state index contributed by atoms with van der Waals surface area (Å²) in [6, 6.07) is 0. The molecule has 0 aromatic carbocycles. The van der Waals surface area contributed by atoms with E-state index < -0.39 is 0 Å². The van der Waals surface area contributed by atoms with Crippen molar-refractivity contribution in [3.05, 3.63) is 0 Å². The Labute approximate surface area is 104 Å². The summed E-state index contributed by atoms with van der Waals surface area (Å²) in [5, 5.41) is 0. The van der Waals surface area contributed by atoms with E-state index in [4.69, 9.17) is 0 Å². The van der Waals surface area contributed by atoms with Crippen LogP contribution in [0.15, 0.2) is 0 Å². The van der Waals surface area contributed by atoms with Crippen LogP contribution in [0.5, 0.6) is 0 Å². The first-order valence-electron chi connectivity index (χ1n) is 7.85. The van der Waals surface area contributed by atoms with Gasteiger partial charge in [0.05, 0.1) is 0 Å². The zero-order chi connectivity index (χ0) is 12.1. The van der Waals surface area contributed by atoms with Gasteiger partial charge in [0, 0.05) is 0 Å². The topological polar surface area (TPSA) is 0 Å². The molecule has 1 aliphatic rings. The largest absolute Gasteiger partial charge is 0.0654 e. The lowest BCUT2D eigenvalue weighted by atomic mass is 10.0. The van der Waals surface area contributed by atoms with Crippen LogP contribution in [0.1, 0.15) is 97.8 Å². The second-order valence-electron chi connectivity index (χ2n) is 5.35. The minimum absolute atomic E-state index is 1.11. The molecule has 0 heteroatoms. The van der Waals surface area contributed by atoms with E-state index in [9.17, 15) is 0 Å². The quantitative estimate of drug-likeness (QED) is 0.444. The van der Waals surface area contributed by atoms with E-state index >= 15 is 0 Å². The second-order valence-corrected chi connectivity index (χ2v) is 5.35. The molecular weight excluding hydrogens is 192 g/mol. The molecule has 1 saturated carbocycles. The zero-order valence-electron chi connectivity index (χ0n) is 12.1. The molecule has 0 amide bonds. The Kier molecular flexibility index (Phi) is 13.1. The van der Waals surface area contributed by atoms with Crippen LogP contribution < -0.4 is 0 Å². The van der Waals surface area contributed by atoms with Gasteiger partial charge in [-0.1, -0.05) is 97.8 Å². The molecule has 0 aromatic rings. The van der Waals surface area contributed by atoms with Crippen molar-refractivity contribution >= 4 is 0 Å². The maximum atomic E-state index is 2.29. The molecule has 0 saturated heterocycles. The maximum Gasteiger partial charge on any atom is -0.0414 e. The highest BCUT2D eigenvalue weighted by Crippen LogP contribution is 2.27. The Bertz CT molecular complexity index is 105. The van der Waals surface area contributed by atoms with Gasteiger partial charge in [-0.15, -0.1) is 0 Å². The predicted molar refractivity (Wildman–Crippen MR) is 75.9 cm³/mol. The van der Waals surface area contributed by atoms with Gasteiger partial charge in [0.25, 0.3) is 0 Å². The van der Waals surface area contributed by atoms with Crippen molar-refractivity contribution in [2.24, 2.45) is 5.92 Å². The second kappa shape index (κ2) is 13.1. The molecule has 98 valence electrons. The number of hydrogen-bond acceptors (Lipinski definition) is 0. The zero-order valence-corrected chi connectivity index (χ0v) is 12.1. The first-order valence-corrected chi connectivity index (χ1v) is 7.85. The molecule has 0 heterocycles. The van der Waals surface area contributed by atoms with Gasteiger partial charge >= 0.3 is 0 Å². The molecule has 0 nitrogen and oxygen atoms in total. The van der Waals surface area contributed by atoms with Gasteiger partial charge < -0.3 is 0 Å². The van der Waals surface area contributed by atoms with Crippen molar-refractivity contribution in [1.82, 2.24) is 0 Å². The summed E-state index contributed by atoms with van der Waals surface area (Å²) in [6.07, 6.45) is 17.4. The molecule has 0 aromatic heterocycles. The summed E-state index contributed by atoms with van der Waals surface area (Å²) in [6.45, 7) is 6.80. The SMILES string of the molecule is CCCC1CCCC1.CCCCCCCC. The predicted octanol–water partition coefficient (Wildman–Crippen LogP) is 6.34. The Balaban J connectivity index is 0.000000281. The first-order chi connectivity index (χ1) is 7.85. The van der Waals surface area contributed by atoms with Crippen LogP contribution >= 0.6 is 0 Å². The van der Waals surface area contributed by atoms with Gasteiger partial charge in [0.2, 0.25) is 0 Å². The molecule has 1 aliphatic carbocycles. The third kappa shape index (κ3) is 10.5. The molecule has 1 fully saturated rings. The Morgan fingerprint density at radius 1 is 0.688 bits per heavy atom. The Morgan fingerprint density at radius 2 is 1.19 bits per heavy atom. The summed E-state index contributed by atoms with van der Waals surface area (Å²) in [7, 11) is 0. The molecule has 0 N–H and O–H groups in total. The fourth-order valence-electron chi connectivity index (χ4n) is 2.56. The normalized spacial score (nSPS) is 15.9. The smallest absolute Gasteiger partial charge is 0.0414 e. The molecule has 0 bridgehead atoms. The van der Waals surface area contributed by atoms with Gasteiger partial charge in [-0.25, -0.2) is 0 Å². The van der Waals surface area contributed by atoms with Gasteiger partial charge in [-0.2, -0.15) is 0 Å². The van der Waals surface area contributed by atoms with Crippen LogP contribution in [0.25, 0.3) is 0 Å². The highest BCUT2D eigenvalue weighted by molar-refractivity contribution is 4.65. The number of rotatable bonds is 7. The minimum atomic E-state index is 1.11. The van der Waals surface area contributed by atoms with E-state index in [2.05, 4.69) is 20.8 Å². The summed E-state index contributed by atoms with van der Waals surface area (Å²) in [5.74, 6) is 1.11. The maximum absolute atomic E-state index is 2.29. The first kappa shape index (κ1) is 16.0. The van der Waals surface area contributed by atoms with E-state index in [-0.39, 0.29) is 0 Å². The van der Waals surface area contributed by atoms with E-state index in [0.717, 1.165) is 5.92 Å². The van der Waals surface area contributed by atoms with Crippen LogP contribution in [-0.4, -0.2) is 0 Å². The van der Waals surface area contributed by atoms with Crippen LogP contribution in [0.2, 0.25) is 0 Å². The Morgan fingerprint density at radius 3 is 1.56 bits per heavy atom. The fraction of sp³-hybridized carbons (Fsp3) is 1.00. The van der Waals surface area contributed by atoms with Crippen molar-refractivity contribution in [3.8, 4) is 0 Å². The molecule has 0 atom stereocenters. The van der Waals surface area contributed by atoms with E-state index in [1.165, 1.54) is 77.0 Å². The molecule has 0 radical (unpaired) electrons. The molecule has 0 aliphatic heterocycles. The molecule has 0 spiro atoms. The van der Waals surface area contributed by atoms with Gasteiger partial charge in [0.15, 0.2) is 0 Å². The number of hydrogen-bond donors (Lipinski definition) is 0. The van der Waals surface area contributed by atoms with Crippen LogP contribution in [-0.2, 0) is 0 Å². The lowest BCUT2D eigenvalue weighted by Crippen LogP contribution is -1.89. The monoisotopic (exact) mass is 226 g/mol. The van der Waals surface area contributed by atoms with Crippen LogP contribution in [0, 0.1) is 5.92 Å². The van der Waals surface area contributed by atoms with Crippen LogP contribution in [0.3, 0.4) is 0 Å². The third-order valence-corrected chi connectivity index (χ3v) is 3.63. The van der Waals surface area contributed by atoms with Gasteiger partial charge in [0.1, 0.15) is 0 Å². The van der Waals surface area contributed by atoms with Gasteiger partial charge in [-0.3, -0.25) is 0 Å². The fourth-order valence-corrected chi connectivity index (χ4v) is 2.56. The number of unbranched alkanes of at least 4 members (excludes halogenated alkanes) is 5. The molecule has 16 heavy (non-hydrogen) atoms. The summed E-state index contributed by atoms with van der Waals surface area (Å²) in [4.78, 5) is 0. The standard InChI is InChI=1S/C8H16.C8H18/c1-2-5-8-6-3-4-7-8;1-3-5-7-8-6-4-2/h8H,2-7H2,1H3;3-8H2,1-2H3. The van der Waals surface area contributed by atoms with Crippen molar-refractivity contribution in [3.63, 3.8) is 0 Å². The highest BCUT2D eigenvalue weighted by atomic mass is 14.2. The van der Waals surface area contributed by atoms with Crippen molar-refractivity contribution < 1.29 is 0 Å².